The van der Waals surface area contributed by atoms with Crippen LogP contribution >= 0.6 is 0 Å². The van der Waals surface area contributed by atoms with Crippen molar-refractivity contribution in [3.63, 3.8) is 0 Å². The summed E-state index contributed by atoms with van der Waals surface area (Å²) in [7, 11) is 0. The van der Waals surface area contributed by atoms with Crippen molar-refractivity contribution in [2.45, 2.75) is 0 Å². The Bertz CT molecular complexity index is 2910. The number of aromatic nitrogens is 4. The van der Waals surface area contributed by atoms with Gasteiger partial charge in [-0.15, -0.1) is 0 Å². The fourth-order valence-electron chi connectivity index (χ4n) is 6.66. The summed E-state index contributed by atoms with van der Waals surface area (Å²) in [6, 6.07) is 36.9. The molecule has 0 radical (unpaired) electrons. The molecular formula is C38H20N4O4. The largest absolute Gasteiger partial charge is 0.268 e. The summed E-state index contributed by atoms with van der Waals surface area (Å²) in [5, 5.41) is 7.32. The standard InChI is InChI=1S/2C19H10N2O2/c2*22-18-12-7-1-2-10-15(12)20-17-13-8-3-5-11-6-4-9-14(16(11)13)19(23)21(17)18/h2*1-10H. The van der Waals surface area contributed by atoms with Crippen molar-refractivity contribution >= 4 is 76.2 Å². The lowest BCUT2D eigenvalue weighted by Crippen LogP contribution is -2.28. The normalized spacial score (nSPS) is 11.8. The summed E-state index contributed by atoms with van der Waals surface area (Å²) in [4.78, 5) is 60.6. The van der Waals surface area contributed by atoms with Crippen LogP contribution in [0.2, 0.25) is 0 Å². The highest BCUT2D eigenvalue weighted by Gasteiger charge is 2.17. The number of rotatable bonds is 0. The summed E-state index contributed by atoms with van der Waals surface area (Å²) in [6.45, 7) is 0. The molecule has 46 heavy (non-hydrogen) atoms. The van der Waals surface area contributed by atoms with Gasteiger partial charge in [-0.3, -0.25) is 19.2 Å². The zero-order valence-corrected chi connectivity index (χ0v) is 24.0. The summed E-state index contributed by atoms with van der Waals surface area (Å²) < 4.78 is 2.39. The molecule has 0 aliphatic carbocycles. The van der Waals surface area contributed by atoms with E-state index in [1.807, 2.05) is 72.8 Å². The first kappa shape index (κ1) is 25.9. The zero-order valence-electron chi connectivity index (χ0n) is 24.0. The molecule has 0 N–H and O–H groups in total. The fourth-order valence-corrected chi connectivity index (χ4v) is 6.66. The maximum atomic E-state index is 12.9. The van der Waals surface area contributed by atoms with Crippen molar-refractivity contribution in [3.8, 4) is 0 Å². The second-order valence-electron chi connectivity index (χ2n) is 11.2. The van der Waals surface area contributed by atoms with Gasteiger partial charge in [0, 0.05) is 32.3 Å². The van der Waals surface area contributed by atoms with Crippen molar-refractivity contribution in [2.75, 3.05) is 0 Å². The minimum absolute atomic E-state index is 0.312. The molecular weight excluding hydrogens is 576 g/mol. The Hall–Kier alpha value is -6.54. The van der Waals surface area contributed by atoms with Crippen LogP contribution in [0.15, 0.2) is 141 Å². The average molecular weight is 597 g/mol. The van der Waals surface area contributed by atoms with E-state index in [1.54, 1.807) is 48.5 Å². The number of hydrogen-bond donors (Lipinski definition) is 0. The van der Waals surface area contributed by atoms with Crippen molar-refractivity contribution in [3.05, 3.63) is 163 Å². The van der Waals surface area contributed by atoms with E-state index in [-0.39, 0.29) is 22.2 Å². The topological polar surface area (TPSA) is 103 Å². The van der Waals surface area contributed by atoms with Crippen LogP contribution in [0.1, 0.15) is 0 Å². The van der Waals surface area contributed by atoms with Gasteiger partial charge in [0.1, 0.15) is 0 Å². The lowest BCUT2D eigenvalue weighted by Gasteiger charge is -2.09. The van der Waals surface area contributed by atoms with Gasteiger partial charge in [-0.2, -0.15) is 0 Å². The number of pyridine rings is 2. The molecule has 0 fully saturated rings. The zero-order chi connectivity index (χ0) is 31.1. The SMILES string of the molecule is O=c1c2ccccc2nc2c3cccc4cccc(c(=O)n12)c43.O=c1c2ccccc2nc2c3cccc4cccc(c(=O)n12)c43. The molecule has 8 heteroatoms. The fraction of sp³-hybridized carbons (Fsp3) is 0. The van der Waals surface area contributed by atoms with Crippen LogP contribution in [0.5, 0.6) is 0 Å². The number of para-hydroxylation sites is 2. The van der Waals surface area contributed by atoms with Gasteiger partial charge in [-0.1, -0.05) is 84.9 Å². The molecule has 0 saturated heterocycles. The molecule has 0 spiro atoms. The Morgan fingerprint density at radius 2 is 0.674 bits per heavy atom. The maximum absolute atomic E-state index is 12.9. The summed E-state index contributed by atoms with van der Waals surface area (Å²) >= 11 is 0. The monoisotopic (exact) mass is 596 g/mol. The molecule has 0 saturated carbocycles. The smallest absolute Gasteiger partial charge is 0.268 e. The second-order valence-corrected chi connectivity index (χ2v) is 11.2. The van der Waals surface area contributed by atoms with Gasteiger partial charge in [0.25, 0.3) is 22.2 Å². The molecule has 8 nitrogen and oxygen atoms in total. The third-order valence-corrected chi connectivity index (χ3v) is 8.71. The van der Waals surface area contributed by atoms with E-state index in [0.717, 1.165) is 32.3 Å². The quantitative estimate of drug-likeness (QED) is 0.159. The Balaban J connectivity index is 0.000000127. The molecule has 10 rings (SSSR count). The van der Waals surface area contributed by atoms with E-state index in [1.165, 1.54) is 8.80 Å². The molecule has 216 valence electrons. The van der Waals surface area contributed by atoms with E-state index in [2.05, 4.69) is 9.97 Å². The minimum Gasteiger partial charge on any atom is -0.268 e. The van der Waals surface area contributed by atoms with Crippen LogP contribution in [0.25, 0.3) is 76.2 Å². The predicted octanol–water partition coefficient (Wildman–Crippen LogP) is 5.90. The number of benzene rings is 6. The van der Waals surface area contributed by atoms with E-state index in [0.29, 0.717) is 43.9 Å². The van der Waals surface area contributed by atoms with Crippen LogP contribution in [0.3, 0.4) is 0 Å². The van der Waals surface area contributed by atoms with Crippen molar-refractivity contribution < 1.29 is 0 Å². The highest BCUT2D eigenvalue weighted by molar-refractivity contribution is 6.15. The van der Waals surface area contributed by atoms with Gasteiger partial charge < -0.3 is 0 Å². The van der Waals surface area contributed by atoms with Gasteiger partial charge >= 0.3 is 0 Å². The molecule has 10 aromatic rings. The second kappa shape index (κ2) is 9.48. The van der Waals surface area contributed by atoms with Gasteiger partial charge in [-0.25, -0.2) is 18.8 Å². The Morgan fingerprint density at radius 1 is 0.348 bits per heavy atom. The van der Waals surface area contributed by atoms with E-state index >= 15 is 0 Å². The Labute approximate surface area is 257 Å². The van der Waals surface area contributed by atoms with Crippen molar-refractivity contribution in [2.24, 2.45) is 0 Å². The average Bonchev–Trinajstić information content (AvgIpc) is 3.09. The predicted molar refractivity (Wildman–Crippen MR) is 183 cm³/mol. The van der Waals surface area contributed by atoms with Gasteiger partial charge in [0.2, 0.25) is 0 Å². The van der Waals surface area contributed by atoms with Crippen LogP contribution < -0.4 is 22.2 Å². The molecule has 6 aromatic carbocycles. The molecule has 0 amide bonds. The lowest BCUT2D eigenvalue weighted by molar-refractivity contribution is 1.05. The summed E-state index contributed by atoms with van der Waals surface area (Å²) in [6.07, 6.45) is 0. The minimum atomic E-state index is -0.317. The molecule has 0 bridgehead atoms. The summed E-state index contributed by atoms with van der Waals surface area (Å²) in [5.74, 6) is 0. The van der Waals surface area contributed by atoms with Gasteiger partial charge in [-0.05, 0) is 47.2 Å². The first-order valence-electron chi connectivity index (χ1n) is 14.7. The highest BCUT2D eigenvalue weighted by Crippen LogP contribution is 2.28. The highest BCUT2D eigenvalue weighted by atomic mass is 16.2. The Morgan fingerprint density at radius 3 is 1.09 bits per heavy atom. The molecule has 0 aliphatic rings. The molecule has 0 aliphatic heterocycles. The lowest BCUT2D eigenvalue weighted by atomic mass is 10.0. The maximum Gasteiger partial charge on any atom is 0.268 e. The van der Waals surface area contributed by atoms with Crippen molar-refractivity contribution in [1.82, 2.24) is 18.8 Å². The van der Waals surface area contributed by atoms with E-state index < -0.39 is 0 Å². The number of nitrogens with zero attached hydrogens (tertiary/aromatic N) is 4. The van der Waals surface area contributed by atoms with Crippen LogP contribution in [-0.4, -0.2) is 18.8 Å². The third-order valence-electron chi connectivity index (χ3n) is 8.71. The third kappa shape index (κ3) is 3.49. The van der Waals surface area contributed by atoms with E-state index in [4.69, 9.17) is 0 Å². The van der Waals surface area contributed by atoms with Crippen LogP contribution in [0.4, 0.5) is 0 Å². The molecule has 0 unspecified atom stereocenters. The van der Waals surface area contributed by atoms with Crippen molar-refractivity contribution in [1.29, 1.82) is 0 Å². The molecule has 0 atom stereocenters. The van der Waals surface area contributed by atoms with Gasteiger partial charge in [0.05, 0.1) is 21.8 Å². The number of fused-ring (bicyclic) bond motifs is 6. The first-order valence-corrected chi connectivity index (χ1v) is 14.7. The van der Waals surface area contributed by atoms with Gasteiger partial charge in [0.15, 0.2) is 11.3 Å². The number of hydrogen-bond acceptors (Lipinski definition) is 6. The van der Waals surface area contributed by atoms with E-state index in [9.17, 15) is 19.2 Å². The Kier molecular flexibility index (Phi) is 5.34. The molecule has 4 aromatic heterocycles. The molecule has 4 heterocycles. The van der Waals surface area contributed by atoms with Crippen LogP contribution in [0, 0.1) is 0 Å². The van der Waals surface area contributed by atoms with Crippen LogP contribution in [-0.2, 0) is 0 Å². The first-order chi connectivity index (χ1) is 22.5. The summed E-state index contributed by atoms with van der Waals surface area (Å²) in [5.41, 5.74) is 0.788.